The third-order valence-electron chi connectivity index (χ3n) is 3.41. The number of carboxylic acid groups (broad SMARTS) is 1. The summed E-state index contributed by atoms with van der Waals surface area (Å²) in [6, 6.07) is 12.3. The van der Waals surface area contributed by atoms with Crippen LogP contribution in [0.15, 0.2) is 53.4 Å². The number of rotatable bonds is 4. The van der Waals surface area contributed by atoms with E-state index in [1.807, 2.05) is 12.1 Å². The van der Waals surface area contributed by atoms with E-state index < -0.39 is 16.0 Å². The lowest BCUT2D eigenvalue weighted by molar-refractivity contribution is 0.0696. The monoisotopic (exact) mass is 333 g/mol. The molecule has 0 aromatic heterocycles. The van der Waals surface area contributed by atoms with Crippen LogP contribution in [-0.2, 0) is 15.4 Å². The van der Waals surface area contributed by atoms with Gasteiger partial charge in [0.25, 0.3) is 10.0 Å². The Hall–Kier alpha value is -2.34. The highest BCUT2D eigenvalue weighted by Gasteiger charge is 2.16. The highest BCUT2D eigenvalue weighted by atomic mass is 32.2. The van der Waals surface area contributed by atoms with Gasteiger partial charge in [-0.15, -0.1) is 0 Å². The molecule has 0 radical (unpaired) electrons. The second kappa shape index (κ2) is 6.04. The van der Waals surface area contributed by atoms with Crippen LogP contribution in [0.2, 0.25) is 0 Å². The molecule has 2 aromatic carbocycles. The highest BCUT2D eigenvalue weighted by Crippen LogP contribution is 2.24. The van der Waals surface area contributed by atoms with E-state index in [2.05, 4.69) is 25.5 Å². The Morgan fingerprint density at radius 3 is 1.91 bits per heavy atom. The molecule has 5 nitrogen and oxygen atoms in total. The lowest BCUT2D eigenvalue weighted by Gasteiger charge is -2.19. The van der Waals surface area contributed by atoms with E-state index in [0.717, 1.165) is 5.56 Å². The first-order valence-corrected chi connectivity index (χ1v) is 8.55. The zero-order valence-electron chi connectivity index (χ0n) is 13.2. The number of anilines is 1. The van der Waals surface area contributed by atoms with Crippen molar-refractivity contribution in [3.63, 3.8) is 0 Å². The number of hydrogen-bond donors (Lipinski definition) is 2. The lowest BCUT2D eigenvalue weighted by Crippen LogP contribution is -2.14. The van der Waals surface area contributed by atoms with Crippen molar-refractivity contribution in [2.45, 2.75) is 31.1 Å². The summed E-state index contributed by atoms with van der Waals surface area (Å²) in [6.45, 7) is 6.24. The molecule has 0 unspecified atom stereocenters. The fourth-order valence-corrected chi connectivity index (χ4v) is 3.09. The molecular weight excluding hydrogens is 314 g/mol. The van der Waals surface area contributed by atoms with Crippen molar-refractivity contribution in [2.75, 3.05) is 4.72 Å². The molecule has 0 aliphatic carbocycles. The van der Waals surface area contributed by atoms with Crippen LogP contribution in [0, 0.1) is 0 Å². The van der Waals surface area contributed by atoms with Gasteiger partial charge in [-0.3, -0.25) is 4.72 Å². The molecule has 0 saturated carbocycles. The van der Waals surface area contributed by atoms with Crippen molar-refractivity contribution < 1.29 is 18.3 Å². The van der Waals surface area contributed by atoms with Crippen LogP contribution < -0.4 is 4.72 Å². The van der Waals surface area contributed by atoms with E-state index in [4.69, 9.17) is 5.11 Å². The number of aromatic carboxylic acids is 1. The Balaban J connectivity index is 2.22. The second-order valence-electron chi connectivity index (χ2n) is 6.26. The van der Waals surface area contributed by atoms with Gasteiger partial charge < -0.3 is 5.11 Å². The molecule has 0 aliphatic heterocycles. The van der Waals surface area contributed by atoms with E-state index in [-0.39, 0.29) is 15.9 Å². The fraction of sp³-hybridized carbons (Fsp3) is 0.235. The molecule has 0 amide bonds. The topological polar surface area (TPSA) is 83.5 Å². The summed E-state index contributed by atoms with van der Waals surface area (Å²) in [5.41, 5.74) is 1.59. The van der Waals surface area contributed by atoms with Crippen molar-refractivity contribution in [3.05, 3.63) is 59.7 Å². The van der Waals surface area contributed by atoms with Crippen LogP contribution in [0.25, 0.3) is 0 Å². The average Bonchev–Trinajstić information content (AvgIpc) is 2.46. The molecule has 0 saturated heterocycles. The number of carbonyl (C=O) groups is 1. The van der Waals surface area contributed by atoms with E-state index >= 15 is 0 Å². The summed E-state index contributed by atoms with van der Waals surface area (Å²) < 4.78 is 27.1. The van der Waals surface area contributed by atoms with Gasteiger partial charge in [0.2, 0.25) is 0 Å². The maximum Gasteiger partial charge on any atom is 0.335 e. The van der Waals surface area contributed by atoms with E-state index in [1.165, 1.54) is 24.3 Å². The molecule has 0 bridgehead atoms. The maximum absolute atomic E-state index is 12.3. The summed E-state index contributed by atoms with van der Waals surface area (Å²) in [6.07, 6.45) is 0. The van der Waals surface area contributed by atoms with Crippen molar-refractivity contribution in [2.24, 2.45) is 0 Å². The molecule has 2 aromatic rings. The Morgan fingerprint density at radius 1 is 0.957 bits per heavy atom. The first kappa shape index (κ1) is 17.0. The Morgan fingerprint density at radius 2 is 1.48 bits per heavy atom. The Labute approximate surface area is 136 Å². The van der Waals surface area contributed by atoms with Crippen LogP contribution in [0.5, 0.6) is 0 Å². The average molecular weight is 333 g/mol. The molecule has 2 rings (SSSR count). The van der Waals surface area contributed by atoms with E-state index in [9.17, 15) is 13.2 Å². The molecule has 23 heavy (non-hydrogen) atoms. The van der Waals surface area contributed by atoms with Crippen LogP contribution in [-0.4, -0.2) is 19.5 Å². The van der Waals surface area contributed by atoms with E-state index in [1.54, 1.807) is 12.1 Å². The largest absolute Gasteiger partial charge is 0.478 e. The zero-order chi connectivity index (χ0) is 17.3. The van der Waals surface area contributed by atoms with Crippen LogP contribution in [0.4, 0.5) is 5.69 Å². The number of carboxylic acids is 1. The SMILES string of the molecule is CC(C)(C)c1ccc(NS(=O)(=O)c2ccc(C(=O)O)cc2)cc1. The van der Waals surface area contributed by atoms with Crippen LogP contribution in [0.1, 0.15) is 36.7 Å². The van der Waals surface area contributed by atoms with Crippen molar-refractivity contribution >= 4 is 21.7 Å². The molecule has 0 spiro atoms. The van der Waals surface area contributed by atoms with Crippen LogP contribution in [0.3, 0.4) is 0 Å². The normalized spacial score (nSPS) is 12.0. The van der Waals surface area contributed by atoms with Gasteiger partial charge in [0.15, 0.2) is 0 Å². The highest BCUT2D eigenvalue weighted by molar-refractivity contribution is 7.92. The van der Waals surface area contributed by atoms with Gasteiger partial charge in [-0.25, -0.2) is 13.2 Å². The number of nitrogens with one attached hydrogen (secondary N) is 1. The molecular formula is C17H19NO4S. The fourth-order valence-electron chi connectivity index (χ4n) is 2.03. The number of benzene rings is 2. The Kier molecular flexibility index (Phi) is 4.47. The molecule has 0 aliphatic rings. The summed E-state index contributed by atoms with van der Waals surface area (Å²) >= 11 is 0. The summed E-state index contributed by atoms with van der Waals surface area (Å²) in [5, 5.41) is 8.84. The minimum absolute atomic E-state index is 0.00985. The third-order valence-corrected chi connectivity index (χ3v) is 4.81. The molecule has 0 heterocycles. The Bertz CT molecular complexity index is 801. The van der Waals surface area contributed by atoms with Crippen molar-refractivity contribution in [1.29, 1.82) is 0 Å². The van der Waals surface area contributed by atoms with Gasteiger partial charge in [0.05, 0.1) is 10.5 Å². The van der Waals surface area contributed by atoms with Gasteiger partial charge >= 0.3 is 5.97 Å². The van der Waals surface area contributed by atoms with Crippen molar-refractivity contribution in [3.8, 4) is 0 Å². The van der Waals surface area contributed by atoms with Gasteiger partial charge in [0, 0.05) is 5.69 Å². The zero-order valence-corrected chi connectivity index (χ0v) is 14.0. The minimum Gasteiger partial charge on any atom is -0.478 e. The van der Waals surface area contributed by atoms with E-state index in [0.29, 0.717) is 5.69 Å². The first-order chi connectivity index (χ1) is 10.6. The molecule has 6 heteroatoms. The third kappa shape index (κ3) is 4.10. The maximum atomic E-state index is 12.3. The number of sulfonamides is 1. The summed E-state index contributed by atoms with van der Waals surface area (Å²) in [5.74, 6) is -1.10. The standard InChI is InChI=1S/C17H19NO4S/c1-17(2,3)13-6-8-14(9-7-13)18-23(21,22)15-10-4-12(5-11-15)16(19)20/h4-11,18H,1-3H3,(H,19,20). The molecule has 0 fully saturated rings. The second-order valence-corrected chi connectivity index (χ2v) is 7.94. The van der Waals surface area contributed by atoms with Crippen molar-refractivity contribution in [1.82, 2.24) is 0 Å². The quantitative estimate of drug-likeness (QED) is 0.897. The first-order valence-electron chi connectivity index (χ1n) is 7.06. The number of hydrogen-bond acceptors (Lipinski definition) is 3. The predicted molar refractivity (Wildman–Crippen MR) is 89.4 cm³/mol. The van der Waals surface area contributed by atoms with Gasteiger partial charge in [-0.1, -0.05) is 32.9 Å². The van der Waals surface area contributed by atoms with Gasteiger partial charge in [-0.2, -0.15) is 0 Å². The molecule has 0 atom stereocenters. The predicted octanol–water partition coefficient (Wildman–Crippen LogP) is 3.48. The smallest absolute Gasteiger partial charge is 0.335 e. The molecule has 2 N–H and O–H groups in total. The van der Waals surface area contributed by atoms with Crippen LogP contribution >= 0.6 is 0 Å². The molecule has 122 valence electrons. The van der Waals surface area contributed by atoms with Gasteiger partial charge in [0.1, 0.15) is 0 Å². The lowest BCUT2D eigenvalue weighted by atomic mass is 9.87. The summed E-state index contributed by atoms with van der Waals surface area (Å²) in [4.78, 5) is 10.8. The summed E-state index contributed by atoms with van der Waals surface area (Å²) in [7, 11) is -3.75. The van der Waals surface area contributed by atoms with Gasteiger partial charge in [-0.05, 0) is 47.4 Å². The minimum atomic E-state index is -3.75.